The van der Waals surface area contributed by atoms with Crippen LogP contribution in [0, 0.1) is 0 Å². The Hall–Kier alpha value is -2.75. The number of anilines is 2. The highest BCUT2D eigenvalue weighted by molar-refractivity contribution is 5.79. The number of fused-ring (bicyclic) bond motifs is 1. The summed E-state index contributed by atoms with van der Waals surface area (Å²) in [6.45, 7) is 0. The number of rotatable bonds is 2. The largest absolute Gasteiger partial charge is 0.437 e. The molecule has 1 heterocycles. The molecule has 0 fully saturated rings. The highest BCUT2D eigenvalue weighted by Crippen LogP contribution is 2.19. The standard InChI is InChI=1S/C15H13N3O/c16-11-4-1-10(2-5-11)3-8-15-18-13-9-12(17)6-7-14(13)19-15/h1-9H,16-17H2/b8-3+. The first-order valence-corrected chi connectivity index (χ1v) is 5.90. The van der Waals surface area contributed by atoms with Gasteiger partial charge in [-0.25, -0.2) is 4.98 Å². The van der Waals surface area contributed by atoms with Gasteiger partial charge in [0.25, 0.3) is 0 Å². The van der Waals surface area contributed by atoms with E-state index in [1.165, 1.54) is 0 Å². The van der Waals surface area contributed by atoms with Crippen LogP contribution < -0.4 is 11.5 Å². The Morgan fingerprint density at radius 3 is 2.42 bits per heavy atom. The summed E-state index contributed by atoms with van der Waals surface area (Å²) in [5.41, 5.74) is 15.3. The number of benzene rings is 2. The van der Waals surface area contributed by atoms with Crippen LogP contribution in [0.15, 0.2) is 46.9 Å². The highest BCUT2D eigenvalue weighted by Gasteiger charge is 2.02. The lowest BCUT2D eigenvalue weighted by Crippen LogP contribution is -1.82. The Balaban J connectivity index is 1.90. The number of hydrogen-bond acceptors (Lipinski definition) is 4. The van der Waals surface area contributed by atoms with E-state index in [4.69, 9.17) is 15.9 Å². The first-order chi connectivity index (χ1) is 9.20. The van der Waals surface area contributed by atoms with Gasteiger partial charge in [-0.15, -0.1) is 0 Å². The first kappa shape index (κ1) is 11.3. The summed E-state index contributed by atoms with van der Waals surface area (Å²) in [5, 5.41) is 0. The molecule has 0 radical (unpaired) electrons. The summed E-state index contributed by atoms with van der Waals surface area (Å²) in [6, 6.07) is 13.0. The number of hydrogen-bond donors (Lipinski definition) is 2. The Kier molecular flexibility index (Phi) is 2.68. The van der Waals surface area contributed by atoms with Crippen molar-refractivity contribution in [3.63, 3.8) is 0 Å². The molecule has 2 aromatic carbocycles. The summed E-state index contributed by atoms with van der Waals surface area (Å²) in [4.78, 5) is 4.35. The summed E-state index contributed by atoms with van der Waals surface area (Å²) in [7, 11) is 0. The van der Waals surface area contributed by atoms with Gasteiger partial charge in [-0.05, 0) is 42.0 Å². The van der Waals surface area contributed by atoms with E-state index in [1.54, 1.807) is 12.1 Å². The molecule has 0 aliphatic carbocycles. The monoisotopic (exact) mass is 251 g/mol. The number of nitrogens with zero attached hydrogens (tertiary/aromatic N) is 1. The number of nitrogen functional groups attached to an aromatic ring is 2. The third kappa shape index (κ3) is 2.42. The Morgan fingerprint density at radius 1 is 0.895 bits per heavy atom. The molecule has 0 amide bonds. The molecule has 0 atom stereocenters. The van der Waals surface area contributed by atoms with Crippen LogP contribution in [0.5, 0.6) is 0 Å². The minimum atomic E-state index is 0.553. The number of nitrogens with two attached hydrogens (primary N) is 2. The van der Waals surface area contributed by atoms with Gasteiger partial charge in [0.2, 0.25) is 5.89 Å². The third-order valence-electron chi connectivity index (χ3n) is 2.78. The van der Waals surface area contributed by atoms with Gasteiger partial charge in [-0.3, -0.25) is 0 Å². The quantitative estimate of drug-likeness (QED) is 0.686. The molecular weight excluding hydrogens is 238 g/mol. The van der Waals surface area contributed by atoms with Gasteiger partial charge in [0.05, 0.1) is 0 Å². The van der Waals surface area contributed by atoms with E-state index < -0.39 is 0 Å². The molecule has 3 aromatic rings. The predicted octanol–water partition coefficient (Wildman–Crippen LogP) is 3.16. The average Bonchev–Trinajstić information content (AvgIpc) is 2.80. The van der Waals surface area contributed by atoms with E-state index in [2.05, 4.69) is 4.98 Å². The molecule has 0 saturated heterocycles. The summed E-state index contributed by atoms with van der Waals surface area (Å²) >= 11 is 0. The Morgan fingerprint density at radius 2 is 1.63 bits per heavy atom. The summed E-state index contributed by atoms with van der Waals surface area (Å²) in [6.07, 6.45) is 3.75. The van der Waals surface area contributed by atoms with Gasteiger partial charge in [0.15, 0.2) is 5.58 Å². The lowest BCUT2D eigenvalue weighted by Gasteiger charge is -1.93. The van der Waals surface area contributed by atoms with Gasteiger partial charge in [0.1, 0.15) is 5.52 Å². The van der Waals surface area contributed by atoms with Gasteiger partial charge in [0, 0.05) is 17.5 Å². The normalized spacial score (nSPS) is 11.4. The second-order valence-corrected chi connectivity index (χ2v) is 4.28. The smallest absolute Gasteiger partial charge is 0.220 e. The van der Waals surface area contributed by atoms with Gasteiger partial charge < -0.3 is 15.9 Å². The topological polar surface area (TPSA) is 78.1 Å². The second kappa shape index (κ2) is 4.49. The average molecular weight is 251 g/mol. The fourth-order valence-corrected chi connectivity index (χ4v) is 1.81. The van der Waals surface area contributed by atoms with Crippen LogP contribution in [0.1, 0.15) is 11.5 Å². The lowest BCUT2D eigenvalue weighted by molar-refractivity contribution is 0.590. The third-order valence-corrected chi connectivity index (χ3v) is 2.78. The maximum Gasteiger partial charge on any atom is 0.220 e. The number of oxazole rings is 1. The van der Waals surface area contributed by atoms with Crippen LogP contribution in [-0.4, -0.2) is 4.98 Å². The molecule has 94 valence electrons. The van der Waals surface area contributed by atoms with Crippen molar-refractivity contribution >= 4 is 34.6 Å². The second-order valence-electron chi connectivity index (χ2n) is 4.28. The molecule has 4 heteroatoms. The molecule has 0 bridgehead atoms. The van der Waals surface area contributed by atoms with Crippen molar-refractivity contribution in [1.82, 2.24) is 4.98 Å². The van der Waals surface area contributed by atoms with Crippen molar-refractivity contribution in [2.45, 2.75) is 0 Å². The molecule has 1 aromatic heterocycles. The summed E-state index contributed by atoms with van der Waals surface area (Å²) < 4.78 is 5.59. The Bertz CT molecular complexity index is 742. The van der Waals surface area contributed by atoms with Gasteiger partial charge in [-0.2, -0.15) is 0 Å². The van der Waals surface area contributed by atoms with E-state index in [1.807, 2.05) is 42.5 Å². The highest BCUT2D eigenvalue weighted by atomic mass is 16.3. The minimum absolute atomic E-state index is 0.553. The maximum absolute atomic E-state index is 5.70. The zero-order valence-electron chi connectivity index (χ0n) is 10.2. The van der Waals surface area contributed by atoms with E-state index in [-0.39, 0.29) is 0 Å². The zero-order valence-corrected chi connectivity index (χ0v) is 10.2. The van der Waals surface area contributed by atoms with Crippen molar-refractivity contribution in [1.29, 1.82) is 0 Å². The molecule has 0 unspecified atom stereocenters. The van der Waals surface area contributed by atoms with Crippen molar-refractivity contribution < 1.29 is 4.42 Å². The van der Waals surface area contributed by atoms with Crippen molar-refractivity contribution in [2.75, 3.05) is 11.5 Å². The predicted molar refractivity (Wildman–Crippen MR) is 78.2 cm³/mol. The molecule has 0 aliphatic heterocycles. The number of aromatic nitrogens is 1. The molecule has 3 rings (SSSR count). The molecule has 4 N–H and O–H groups in total. The van der Waals surface area contributed by atoms with Crippen LogP contribution in [0.4, 0.5) is 11.4 Å². The van der Waals surface area contributed by atoms with E-state index in [0.717, 1.165) is 22.4 Å². The fourth-order valence-electron chi connectivity index (χ4n) is 1.81. The van der Waals surface area contributed by atoms with Crippen molar-refractivity contribution in [3.05, 3.63) is 53.9 Å². The minimum Gasteiger partial charge on any atom is -0.437 e. The van der Waals surface area contributed by atoms with Crippen LogP contribution in [-0.2, 0) is 0 Å². The van der Waals surface area contributed by atoms with Crippen molar-refractivity contribution in [3.8, 4) is 0 Å². The maximum atomic E-state index is 5.70. The molecule has 4 nitrogen and oxygen atoms in total. The SMILES string of the molecule is Nc1ccc(/C=C/c2nc3cc(N)ccc3o2)cc1. The van der Waals surface area contributed by atoms with Gasteiger partial charge >= 0.3 is 0 Å². The van der Waals surface area contributed by atoms with Crippen LogP contribution in [0.2, 0.25) is 0 Å². The van der Waals surface area contributed by atoms with E-state index in [0.29, 0.717) is 11.6 Å². The molecule has 0 spiro atoms. The van der Waals surface area contributed by atoms with Crippen LogP contribution >= 0.6 is 0 Å². The lowest BCUT2D eigenvalue weighted by atomic mass is 10.2. The first-order valence-electron chi connectivity index (χ1n) is 5.90. The fraction of sp³-hybridized carbons (Fsp3) is 0. The zero-order chi connectivity index (χ0) is 13.2. The molecule has 0 saturated carbocycles. The summed E-state index contributed by atoms with van der Waals surface area (Å²) in [5.74, 6) is 0.553. The van der Waals surface area contributed by atoms with Crippen LogP contribution in [0.25, 0.3) is 23.3 Å². The molecular formula is C15H13N3O. The van der Waals surface area contributed by atoms with E-state index in [9.17, 15) is 0 Å². The molecule has 0 aliphatic rings. The molecule has 19 heavy (non-hydrogen) atoms. The Labute approximate surface area is 110 Å². The van der Waals surface area contributed by atoms with Crippen molar-refractivity contribution in [2.24, 2.45) is 0 Å². The van der Waals surface area contributed by atoms with Crippen LogP contribution in [0.3, 0.4) is 0 Å². The van der Waals surface area contributed by atoms with Gasteiger partial charge in [-0.1, -0.05) is 12.1 Å². The van der Waals surface area contributed by atoms with E-state index >= 15 is 0 Å².